The summed E-state index contributed by atoms with van der Waals surface area (Å²) in [6, 6.07) is 10.8. The normalized spacial score (nSPS) is 14.6. The maximum atomic E-state index is 13.4. The summed E-state index contributed by atoms with van der Waals surface area (Å²) in [6.07, 6.45) is -5.60. The second-order valence-corrected chi connectivity index (χ2v) is 4.97. The molecule has 0 amide bonds. The van der Waals surface area contributed by atoms with Gasteiger partial charge in [0.25, 0.3) is 0 Å². The van der Waals surface area contributed by atoms with Crippen molar-refractivity contribution in [1.82, 2.24) is 0 Å². The van der Waals surface area contributed by atoms with Crippen molar-refractivity contribution in [2.75, 3.05) is 0 Å². The van der Waals surface area contributed by atoms with Crippen LogP contribution in [0.15, 0.2) is 42.5 Å². The smallest absolute Gasteiger partial charge is 0.195 e. The van der Waals surface area contributed by atoms with E-state index in [4.69, 9.17) is 0 Å². The standard InChI is InChI=1S/C13H8BrF5/c14-11(12(15,16)13(17,18)19)10-7-3-5-8-4-1-2-6-9(8)10/h1-7,11H. The first-order valence-corrected chi connectivity index (χ1v) is 6.23. The van der Waals surface area contributed by atoms with E-state index in [1.165, 1.54) is 18.2 Å². The molecule has 0 fully saturated rings. The van der Waals surface area contributed by atoms with Crippen LogP contribution in [0, 0.1) is 0 Å². The highest BCUT2D eigenvalue weighted by molar-refractivity contribution is 9.09. The van der Waals surface area contributed by atoms with Crippen molar-refractivity contribution in [2.45, 2.75) is 16.9 Å². The third-order valence-electron chi connectivity index (χ3n) is 2.79. The van der Waals surface area contributed by atoms with Crippen LogP contribution in [0.2, 0.25) is 0 Å². The summed E-state index contributed by atoms with van der Waals surface area (Å²) in [4.78, 5) is -2.12. The Morgan fingerprint density at radius 2 is 1.42 bits per heavy atom. The van der Waals surface area contributed by atoms with Crippen LogP contribution >= 0.6 is 15.9 Å². The molecule has 0 heterocycles. The van der Waals surface area contributed by atoms with E-state index < -0.39 is 16.9 Å². The van der Waals surface area contributed by atoms with Crippen molar-refractivity contribution in [2.24, 2.45) is 0 Å². The topological polar surface area (TPSA) is 0 Å². The van der Waals surface area contributed by atoms with Gasteiger partial charge in [-0.15, -0.1) is 0 Å². The summed E-state index contributed by atoms with van der Waals surface area (Å²) in [6.45, 7) is 0. The minimum absolute atomic E-state index is 0.0829. The van der Waals surface area contributed by atoms with E-state index in [0.717, 1.165) is 0 Å². The molecular formula is C13H8BrF5. The maximum Gasteiger partial charge on any atom is 0.454 e. The molecule has 0 aliphatic rings. The Morgan fingerprint density at radius 1 is 0.842 bits per heavy atom. The fraction of sp³-hybridized carbons (Fsp3) is 0.231. The zero-order valence-corrected chi connectivity index (χ0v) is 11.0. The number of hydrogen-bond donors (Lipinski definition) is 0. The number of benzene rings is 2. The van der Waals surface area contributed by atoms with Gasteiger partial charge in [-0.2, -0.15) is 22.0 Å². The molecular weight excluding hydrogens is 331 g/mol. The van der Waals surface area contributed by atoms with Gasteiger partial charge in [0.15, 0.2) is 0 Å². The Kier molecular flexibility index (Phi) is 3.55. The summed E-state index contributed by atoms with van der Waals surface area (Å²) in [5.41, 5.74) is -0.0829. The third kappa shape index (κ3) is 2.45. The van der Waals surface area contributed by atoms with E-state index in [0.29, 0.717) is 10.8 Å². The molecule has 19 heavy (non-hydrogen) atoms. The quantitative estimate of drug-likeness (QED) is 0.503. The van der Waals surface area contributed by atoms with Crippen LogP contribution in [0.5, 0.6) is 0 Å². The third-order valence-corrected chi connectivity index (χ3v) is 3.86. The van der Waals surface area contributed by atoms with Gasteiger partial charge in [-0.3, -0.25) is 0 Å². The van der Waals surface area contributed by atoms with E-state index in [1.54, 1.807) is 24.3 Å². The first-order chi connectivity index (χ1) is 8.75. The van der Waals surface area contributed by atoms with Crippen LogP contribution in [0.1, 0.15) is 10.4 Å². The monoisotopic (exact) mass is 338 g/mol. The van der Waals surface area contributed by atoms with E-state index in [2.05, 4.69) is 15.9 Å². The molecule has 0 saturated heterocycles. The van der Waals surface area contributed by atoms with Crippen LogP contribution in [0.4, 0.5) is 22.0 Å². The highest BCUT2D eigenvalue weighted by Gasteiger charge is 2.62. The minimum Gasteiger partial charge on any atom is -0.195 e. The van der Waals surface area contributed by atoms with Gasteiger partial charge in [0, 0.05) is 0 Å². The lowest BCUT2D eigenvalue weighted by molar-refractivity contribution is -0.281. The molecule has 0 aliphatic carbocycles. The van der Waals surface area contributed by atoms with E-state index in [9.17, 15) is 22.0 Å². The van der Waals surface area contributed by atoms with E-state index in [1.807, 2.05) is 0 Å². The molecule has 2 rings (SSSR count). The molecule has 2 aromatic rings. The molecule has 0 nitrogen and oxygen atoms in total. The summed E-state index contributed by atoms with van der Waals surface area (Å²) in [7, 11) is 0. The average Bonchev–Trinajstić information content (AvgIpc) is 2.36. The Labute approximate surface area is 114 Å². The lowest BCUT2D eigenvalue weighted by Crippen LogP contribution is -2.40. The molecule has 0 aromatic heterocycles. The van der Waals surface area contributed by atoms with Crippen molar-refractivity contribution >= 4 is 26.7 Å². The highest BCUT2D eigenvalue weighted by atomic mass is 79.9. The minimum atomic E-state index is -5.60. The number of fused-ring (bicyclic) bond motifs is 1. The molecule has 0 bridgehead atoms. The largest absolute Gasteiger partial charge is 0.454 e. The van der Waals surface area contributed by atoms with Gasteiger partial charge in [-0.25, -0.2) is 0 Å². The van der Waals surface area contributed by atoms with Gasteiger partial charge in [0.1, 0.15) is 4.83 Å². The molecule has 0 spiro atoms. The zero-order valence-electron chi connectivity index (χ0n) is 9.39. The lowest BCUT2D eigenvalue weighted by Gasteiger charge is -2.25. The Bertz CT molecular complexity index is 586. The summed E-state index contributed by atoms with van der Waals surface area (Å²) < 4.78 is 63.9. The number of alkyl halides is 6. The molecule has 0 saturated carbocycles. The van der Waals surface area contributed by atoms with Gasteiger partial charge in [0.05, 0.1) is 0 Å². The predicted molar refractivity (Wildman–Crippen MR) is 66.6 cm³/mol. The Hall–Kier alpha value is -1.17. The van der Waals surface area contributed by atoms with Crippen LogP contribution in [0.25, 0.3) is 10.8 Å². The van der Waals surface area contributed by atoms with Gasteiger partial charge < -0.3 is 0 Å². The van der Waals surface area contributed by atoms with Crippen molar-refractivity contribution in [3.8, 4) is 0 Å². The van der Waals surface area contributed by atoms with Crippen molar-refractivity contribution in [3.05, 3.63) is 48.0 Å². The molecule has 102 valence electrons. The second kappa shape index (κ2) is 4.74. The van der Waals surface area contributed by atoms with Crippen molar-refractivity contribution < 1.29 is 22.0 Å². The van der Waals surface area contributed by atoms with Crippen molar-refractivity contribution in [3.63, 3.8) is 0 Å². The molecule has 0 radical (unpaired) electrons. The Balaban J connectivity index is 2.56. The first-order valence-electron chi connectivity index (χ1n) is 5.31. The molecule has 2 aromatic carbocycles. The summed E-state index contributed by atoms with van der Waals surface area (Å²) in [5.74, 6) is -4.84. The second-order valence-electron chi connectivity index (χ2n) is 4.05. The molecule has 0 aliphatic heterocycles. The van der Waals surface area contributed by atoms with Crippen LogP contribution < -0.4 is 0 Å². The van der Waals surface area contributed by atoms with Gasteiger partial charge in [-0.1, -0.05) is 58.4 Å². The molecule has 0 N–H and O–H groups in total. The van der Waals surface area contributed by atoms with Crippen LogP contribution in [0.3, 0.4) is 0 Å². The molecule has 1 unspecified atom stereocenters. The predicted octanol–water partition coefficient (Wildman–Crippen LogP) is 5.47. The lowest BCUT2D eigenvalue weighted by atomic mass is 9.99. The SMILES string of the molecule is FC(F)(F)C(F)(F)C(Br)c1cccc2ccccc12. The number of halogens is 6. The molecule has 6 heteroatoms. The van der Waals surface area contributed by atoms with Crippen LogP contribution in [-0.2, 0) is 0 Å². The Morgan fingerprint density at radius 3 is 2.05 bits per heavy atom. The van der Waals surface area contributed by atoms with Gasteiger partial charge >= 0.3 is 12.1 Å². The van der Waals surface area contributed by atoms with Gasteiger partial charge in [0.2, 0.25) is 0 Å². The van der Waals surface area contributed by atoms with E-state index >= 15 is 0 Å². The average molecular weight is 339 g/mol. The fourth-order valence-corrected chi connectivity index (χ4v) is 2.47. The maximum absolute atomic E-state index is 13.4. The van der Waals surface area contributed by atoms with Gasteiger partial charge in [-0.05, 0) is 16.3 Å². The fourth-order valence-electron chi connectivity index (χ4n) is 1.81. The zero-order chi connectivity index (χ0) is 14.3. The number of rotatable bonds is 2. The van der Waals surface area contributed by atoms with Crippen molar-refractivity contribution in [1.29, 1.82) is 0 Å². The summed E-state index contributed by atoms with van der Waals surface area (Å²) in [5, 5.41) is 0.984. The first kappa shape index (κ1) is 14.2. The van der Waals surface area contributed by atoms with E-state index in [-0.39, 0.29) is 5.56 Å². The highest BCUT2D eigenvalue weighted by Crippen LogP contribution is 2.50. The summed E-state index contributed by atoms with van der Waals surface area (Å²) >= 11 is 2.49. The number of hydrogen-bond acceptors (Lipinski definition) is 0. The van der Waals surface area contributed by atoms with Crippen LogP contribution in [-0.4, -0.2) is 12.1 Å². The molecule has 1 atom stereocenters.